The number of nitrogens with zero attached hydrogens (tertiary/aromatic N) is 2. The second-order valence-electron chi connectivity index (χ2n) is 5.51. The van der Waals surface area contributed by atoms with Gasteiger partial charge in [-0.15, -0.1) is 11.3 Å². The number of hydrogen-bond acceptors (Lipinski definition) is 5. The van der Waals surface area contributed by atoms with Crippen LogP contribution in [-0.2, 0) is 11.3 Å². The number of nitrogens with one attached hydrogen (secondary N) is 1. The zero-order valence-corrected chi connectivity index (χ0v) is 13.8. The number of likely N-dealkylation sites (N-methyl/N-ethyl adjacent to an activating group) is 1. The monoisotopic (exact) mass is 317 g/mol. The molecule has 0 unspecified atom stereocenters. The minimum atomic E-state index is 0.301. The summed E-state index contributed by atoms with van der Waals surface area (Å²) < 4.78 is 5.81. The Kier molecular flexibility index (Phi) is 5.56. The van der Waals surface area contributed by atoms with Crippen LogP contribution in [-0.4, -0.2) is 48.8 Å². The fourth-order valence-corrected chi connectivity index (χ4v) is 3.54. The summed E-state index contributed by atoms with van der Waals surface area (Å²) in [5, 5.41) is 4.59. The molecule has 1 aromatic heterocycles. The number of hydrogen-bond donors (Lipinski definition) is 1. The summed E-state index contributed by atoms with van der Waals surface area (Å²) >= 11 is 1.75. The lowest BCUT2D eigenvalue weighted by atomic mass is 10.2. The molecule has 22 heavy (non-hydrogen) atoms. The molecular formula is C17H23N3OS. The quantitative estimate of drug-likeness (QED) is 0.889. The third kappa shape index (κ3) is 4.14. The summed E-state index contributed by atoms with van der Waals surface area (Å²) in [6, 6.07) is 10.3. The molecule has 0 aliphatic carbocycles. The summed E-state index contributed by atoms with van der Waals surface area (Å²) in [4.78, 5) is 8.22. The molecule has 1 atom stereocenters. The van der Waals surface area contributed by atoms with Crippen LogP contribution >= 0.6 is 11.3 Å². The van der Waals surface area contributed by atoms with Crippen LogP contribution in [0.4, 0.5) is 0 Å². The molecule has 3 rings (SSSR count). The molecule has 1 N–H and O–H groups in total. The predicted molar refractivity (Wildman–Crippen MR) is 91.1 cm³/mol. The Morgan fingerprint density at radius 1 is 1.36 bits per heavy atom. The van der Waals surface area contributed by atoms with E-state index in [1.54, 1.807) is 11.3 Å². The summed E-state index contributed by atoms with van der Waals surface area (Å²) in [6.45, 7) is 8.00. The maximum absolute atomic E-state index is 5.81. The van der Waals surface area contributed by atoms with Gasteiger partial charge in [0.05, 0.1) is 12.7 Å². The first-order valence-electron chi connectivity index (χ1n) is 7.90. The first-order chi connectivity index (χ1) is 10.8. The Balaban J connectivity index is 1.47. The van der Waals surface area contributed by atoms with Crippen LogP contribution in [0, 0.1) is 0 Å². The highest BCUT2D eigenvalue weighted by Crippen LogP contribution is 2.24. The second-order valence-corrected chi connectivity index (χ2v) is 6.63. The Morgan fingerprint density at radius 3 is 3.05 bits per heavy atom. The molecular weight excluding hydrogens is 294 g/mol. The Labute approximate surface area is 136 Å². The van der Waals surface area contributed by atoms with Gasteiger partial charge in [0.25, 0.3) is 0 Å². The third-order valence-electron chi connectivity index (χ3n) is 3.92. The van der Waals surface area contributed by atoms with E-state index < -0.39 is 0 Å². The van der Waals surface area contributed by atoms with Crippen molar-refractivity contribution in [3.05, 3.63) is 41.4 Å². The van der Waals surface area contributed by atoms with Gasteiger partial charge in [-0.3, -0.25) is 4.90 Å². The first-order valence-corrected chi connectivity index (χ1v) is 8.71. The van der Waals surface area contributed by atoms with Crippen molar-refractivity contribution >= 4 is 11.3 Å². The van der Waals surface area contributed by atoms with Gasteiger partial charge in [0.1, 0.15) is 5.01 Å². The summed E-state index contributed by atoms with van der Waals surface area (Å²) in [5.41, 5.74) is 1.19. The van der Waals surface area contributed by atoms with Gasteiger partial charge in [-0.2, -0.15) is 0 Å². The molecule has 0 amide bonds. The van der Waals surface area contributed by atoms with E-state index >= 15 is 0 Å². The van der Waals surface area contributed by atoms with Crippen LogP contribution < -0.4 is 5.32 Å². The molecule has 2 aromatic rings. The number of rotatable bonds is 6. The lowest BCUT2D eigenvalue weighted by Gasteiger charge is -2.32. The third-order valence-corrected chi connectivity index (χ3v) is 4.96. The Bertz CT molecular complexity index is 572. The van der Waals surface area contributed by atoms with Crippen LogP contribution in [0.25, 0.3) is 10.6 Å². The van der Waals surface area contributed by atoms with E-state index in [-0.39, 0.29) is 0 Å². The lowest BCUT2D eigenvalue weighted by molar-refractivity contribution is -0.0253. The molecule has 1 saturated heterocycles. The SMILES string of the molecule is CCN1CCO[C@@H](CNCc2cnc(-c3ccccc3)s2)C1. The minimum absolute atomic E-state index is 0.301. The van der Waals surface area contributed by atoms with E-state index in [2.05, 4.69) is 46.4 Å². The normalized spacial score (nSPS) is 19.4. The number of ether oxygens (including phenoxy) is 1. The number of thiazole rings is 1. The fraction of sp³-hybridized carbons (Fsp3) is 0.471. The van der Waals surface area contributed by atoms with Crippen molar-refractivity contribution in [2.24, 2.45) is 0 Å². The maximum Gasteiger partial charge on any atom is 0.123 e. The van der Waals surface area contributed by atoms with Gasteiger partial charge < -0.3 is 10.1 Å². The van der Waals surface area contributed by atoms with Crippen molar-refractivity contribution in [1.29, 1.82) is 0 Å². The highest BCUT2D eigenvalue weighted by atomic mass is 32.1. The van der Waals surface area contributed by atoms with E-state index in [4.69, 9.17) is 4.74 Å². The number of aromatic nitrogens is 1. The standard InChI is InChI=1S/C17H23N3OS/c1-2-20-8-9-21-15(13-20)10-18-11-16-12-19-17(22-16)14-6-4-3-5-7-14/h3-7,12,15,18H,2,8-11,13H2,1H3/t15-/m0/s1. The summed E-state index contributed by atoms with van der Waals surface area (Å²) in [7, 11) is 0. The smallest absolute Gasteiger partial charge is 0.123 e. The van der Waals surface area contributed by atoms with Crippen LogP contribution in [0.1, 0.15) is 11.8 Å². The maximum atomic E-state index is 5.81. The topological polar surface area (TPSA) is 37.4 Å². The summed E-state index contributed by atoms with van der Waals surface area (Å²) in [6.07, 6.45) is 2.27. The number of benzene rings is 1. The molecule has 2 heterocycles. The largest absolute Gasteiger partial charge is 0.374 e. The summed E-state index contributed by atoms with van der Waals surface area (Å²) in [5.74, 6) is 0. The van der Waals surface area contributed by atoms with Gasteiger partial charge in [0.15, 0.2) is 0 Å². The van der Waals surface area contributed by atoms with E-state index in [1.165, 1.54) is 10.4 Å². The van der Waals surface area contributed by atoms with E-state index in [1.807, 2.05) is 12.3 Å². The van der Waals surface area contributed by atoms with Crippen LogP contribution in [0.2, 0.25) is 0 Å². The van der Waals surface area contributed by atoms with E-state index in [0.29, 0.717) is 6.10 Å². The van der Waals surface area contributed by atoms with Gasteiger partial charge >= 0.3 is 0 Å². The van der Waals surface area contributed by atoms with Gasteiger partial charge in [0, 0.05) is 42.8 Å². The molecule has 1 aliphatic heterocycles. The average molecular weight is 317 g/mol. The van der Waals surface area contributed by atoms with Crippen molar-refractivity contribution in [3.8, 4) is 10.6 Å². The molecule has 1 aliphatic rings. The zero-order valence-electron chi connectivity index (χ0n) is 13.0. The second kappa shape index (κ2) is 7.83. The van der Waals surface area contributed by atoms with Crippen LogP contribution in [0.15, 0.2) is 36.5 Å². The van der Waals surface area contributed by atoms with Crippen molar-refractivity contribution in [2.75, 3.05) is 32.8 Å². The Morgan fingerprint density at radius 2 is 2.23 bits per heavy atom. The fourth-order valence-electron chi connectivity index (χ4n) is 2.65. The molecule has 1 aromatic carbocycles. The molecule has 0 saturated carbocycles. The highest BCUT2D eigenvalue weighted by molar-refractivity contribution is 7.15. The van der Waals surface area contributed by atoms with Gasteiger partial charge in [0.2, 0.25) is 0 Å². The molecule has 0 bridgehead atoms. The molecule has 5 heteroatoms. The van der Waals surface area contributed by atoms with Crippen LogP contribution in [0.3, 0.4) is 0 Å². The molecule has 4 nitrogen and oxygen atoms in total. The van der Waals surface area contributed by atoms with Crippen molar-refractivity contribution in [1.82, 2.24) is 15.2 Å². The van der Waals surface area contributed by atoms with Crippen LogP contribution in [0.5, 0.6) is 0 Å². The van der Waals surface area contributed by atoms with Crippen molar-refractivity contribution in [2.45, 2.75) is 19.6 Å². The van der Waals surface area contributed by atoms with Crippen molar-refractivity contribution in [3.63, 3.8) is 0 Å². The average Bonchev–Trinajstić information content (AvgIpc) is 3.05. The van der Waals surface area contributed by atoms with Gasteiger partial charge in [-0.25, -0.2) is 4.98 Å². The molecule has 0 radical (unpaired) electrons. The molecule has 0 spiro atoms. The zero-order chi connectivity index (χ0) is 15.2. The van der Waals surface area contributed by atoms with E-state index in [0.717, 1.165) is 44.3 Å². The molecule has 1 fully saturated rings. The van der Waals surface area contributed by atoms with Crippen molar-refractivity contribution < 1.29 is 4.74 Å². The Hall–Kier alpha value is -1.27. The highest BCUT2D eigenvalue weighted by Gasteiger charge is 2.18. The molecule has 118 valence electrons. The first kappa shape index (κ1) is 15.6. The van der Waals surface area contributed by atoms with Gasteiger partial charge in [-0.1, -0.05) is 37.3 Å². The minimum Gasteiger partial charge on any atom is -0.374 e. The number of morpholine rings is 1. The van der Waals surface area contributed by atoms with E-state index in [9.17, 15) is 0 Å². The lowest BCUT2D eigenvalue weighted by Crippen LogP contribution is -2.46. The predicted octanol–water partition coefficient (Wildman–Crippen LogP) is 2.62. The van der Waals surface area contributed by atoms with Gasteiger partial charge in [-0.05, 0) is 6.54 Å².